The second-order valence-corrected chi connectivity index (χ2v) is 9.20. The van der Waals surface area contributed by atoms with E-state index < -0.39 is 0 Å². The minimum atomic E-state index is 0.737. The monoisotopic (exact) mass is 470 g/mol. The highest BCUT2D eigenvalue weighted by molar-refractivity contribution is 5.95. The summed E-state index contributed by atoms with van der Waals surface area (Å²) in [5.41, 5.74) is 8.77. The number of aryl methyl sites for hydroxylation is 4. The Morgan fingerprint density at radius 2 is 1.43 bits per heavy atom. The molecule has 1 aliphatic rings. The second kappa shape index (κ2) is 9.14. The van der Waals surface area contributed by atoms with Crippen molar-refractivity contribution < 1.29 is 23.5 Å². The van der Waals surface area contributed by atoms with Crippen molar-refractivity contribution in [1.29, 1.82) is 0 Å². The van der Waals surface area contributed by atoms with Gasteiger partial charge in [0.15, 0.2) is 35.7 Å². The number of aromatic nitrogens is 1. The molecule has 0 saturated heterocycles. The van der Waals surface area contributed by atoms with Gasteiger partial charge in [0.25, 0.3) is 0 Å². The van der Waals surface area contributed by atoms with Crippen LogP contribution in [-0.2, 0) is 19.4 Å². The van der Waals surface area contributed by atoms with Gasteiger partial charge in [-0.15, -0.1) is 0 Å². The lowest BCUT2D eigenvalue weighted by molar-refractivity contribution is -0.686. The van der Waals surface area contributed by atoms with Crippen LogP contribution in [0.2, 0.25) is 0 Å². The molecule has 0 amide bonds. The smallest absolute Gasteiger partial charge is 0.217 e. The average molecular weight is 471 g/mol. The largest absolute Gasteiger partial charge is 0.493 e. The number of benzene rings is 3. The maximum atomic E-state index is 5.85. The van der Waals surface area contributed by atoms with Crippen LogP contribution in [-0.4, -0.2) is 28.4 Å². The molecule has 5 nitrogen and oxygen atoms in total. The zero-order valence-corrected chi connectivity index (χ0v) is 21.3. The summed E-state index contributed by atoms with van der Waals surface area (Å²) in [7, 11) is 6.77. The molecule has 2 heterocycles. The molecule has 1 aliphatic heterocycles. The third-order valence-electron chi connectivity index (χ3n) is 6.92. The van der Waals surface area contributed by atoms with Crippen molar-refractivity contribution in [2.75, 3.05) is 28.4 Å². The van der Waals surface area contributed by atoms with Gasteiger partial charge in [-0.05, 0) is 49.2 Å². The fourth-order valence-electron chi connectivity index (χ4n) is 5.50. The van der Waals surface area contributed by atoms with Gasteiger partial charge in [-0.25, -0.2) is 0 Å². The van der Waals surface area contributed by atoms with E-state index in [1.54, 1.807) is 28.4 Å². The molecule has 0 spiro atoms. The van der Waals surface area contributed by atoms with Crippen molar-refractivity contribution in [3.05, 3.63) is 76.5 Å². The van der Waals surface area contributed by atoms with E-state index in [0.29, 0.717) is 0 Å². The summed E-state index contributed by atoms with van der Waals surface area (Å²) < 4.78 is 25.1. The summed E-state index contributed by atoms with van der Waals surface area (Å²) in [6.45, 7) is 5.18. The second-order valence-electron chi connectivity index (χ2n) is 9.20. The highest BCUT2D eigenvalue weighted by Crippen LogP contribution is 2.43. The fourth-order valence-corrected chi connectivity index (χ4v) is 5.50. The molecule has 0 saturated carbocycles. The van der Waals surface area contributed by atoms with E-state index in [1.807, 2.05) is 6.07 Å². The van der Waals surface area contributed by atoms with Gasteiger partial charge in [-0.3, -0.25) is 0 Å². The molecule has 180 valence electrons. The van der Waals surface area contributed by atoms with Gasteiger partial charge in [0.1, 0.15) is 0 Å². The third kappa shape index (κ3) is 3.95. The van der Waals surface area contributed by atoms with Gasteiger partial charge in [-0.1, -0.05) is 29.3 Å². The predicted octanol–water partition coefficient (Wildman–Crippen LogP) is 5.59. The number of ether oxygens (including phenoxy) is 4. The zero-order chi connectivity index (χ0) is 24.7. The molecule has 3 aromatic carbocycles. The topological polar surface area (TPSA) is 40.8 Å². The first-order valence-electron chi connectivity index (χ1n) is 11.9. The highest BCUT2D eigenvalue weighted by Gasteiger charge is 2.31. The van der Waals surface area contributed by atoms with Crippen LogP contribution in [0, 0.1) is 13.8 Å². The lowest BCUT2D eigenvalue weighted by Gasteiger charge is -2.22. The Morgan fingerprint density at radius 3 is 2.09 bits per heavy atom. The van der Waals surface area contributed by atoms with Gasteiger partial charge in [-0.2, -0.15) is 4.57 Å². The van der Waals surface area contributed by atoms with Crippen LogP contribution in [0.5, 0.6) is 23.0 Å². The molecule has 0 bridgehead atoms. The van der Waals surface area contributed by atoms with Crippen molar-refractivity contribution in [3.8, 4) is 34.3 Å². The Hall–Kier alpha value is -3.73. The van der Waals surface area contributed by atoms with E-state index >= 15 is 0 Å². The van der Waals surface area contributed by atoms with Crippen molar-refractivity contribution >= 4 is 10.8 Å². The van der Waals surface area contributed by atoms with E-state index in [9.17, 15) is 0 Å². The Kier molecular flexibility index (Phi) is 6.01. The highest BCUT2D eigenvalue weighted by atomic mass is 16.5. The number of hydrogen-bond donors (Lipinski definition) is 0. The molecule has 0 fully saturated rings. The summed E-state index contributed by atoms with van der Waals surface area (Å²) in [4.78, 5) is 0. The summed E-state index contributed by atoms with van der Waals surface area (Å²) >= 11 is 0. The third-order valence-corrected chi connectivity index (χ3v) is 6.92. The molecule has 1 aromatic heterocycles. The summed E-state index contributed by atoms with van der Waals surface area (Å²) in [6.07, 6.45) is 3.92. The van der Waals surface area contributed by atoms with Crippen molar-refractivity contribution in [3.63, 3.8) is 0 Å². The Morgan fingerprint density at radius 1 is 0.743 bits per heavy atom. The number of nitrogens with zero attached hydrogens (tertiary/aromatic N) is 1. The Balaban J connectivity index is 1.84. The number of pyridine rings is 1. The molecular weight excluding hydrogens is 438 g/mol. The summed E-state index contributed by atoms with van der Waals surface area (Å²) in [5, 5.41) is 2.22. The average Bonchev–Trinajstić information content (AvgIpc) is 2.85. The predicted molar refractivity (Wildman–Crippen MR) is 138 cm³/mol. The lowest BCUT2D eigenvalue weighted by Crippen LogP contribution is -2.41. The van der Waals surface area contributed by atoms with Crippen LogP contribution >= 0.6 is 0 Å². The van der Waals surface area contributed by atoms with Crippen LogP contribution in [0.1, 0.15) is 27.8 Å². The fraction of sp³-hybridized carbons (Fsp3) is 0.300. The number of rotatable bonds is 6. The Bertz CT molecular complexity index is 1420. The molecule has 4 aromatic rings. The van der Waals surface area contributed by atoms with Crippen LogP contribution < -0.4 is 23.5 Å². The molecule has 5 heteroatoms. The number of fused-ring (bicyclic) bond motifs is 4. The van der Waals surface area contributed by atoms with Crippen LogP contribution in [0.15, 0.2) is 48.7 Å². The van der Waals surface area contributed by atoms with E-state index in [0.717, 1.165) is 53.2 Å². The SMILES string of the molecule is COc1cc2c(cc1OC)-c1c(Cc3cc(C)cc(C)c3)c3ccc(OC)c(OC)c3c[n+]1CC2. The van der Waals surface area contributed by atoms with E-state index in [4.69, 9.17) is 18.9 Å². The molecule has 35 heavy (non-hydrogen) atoms. The van der Waals surface area contributed by atoms with Crippen molar-refractivity contribution in [1.82, 2.24) is 0 Å². The van der Waals surface area contributed by atoms with Gasteiger partial charge >= 0.3 is 0 Å². The maximum Gasteiger partial charge on any atom is 0.217 e. The standard InChI is InChI=1S/C30H32NO4/c1-18-11-19(2)13-20(12-18)14-24-22-7-8-26(32-3)30(35-6)25(22)17-31-10-9-21-15-27(33-4)28(34-5)16-23(21)29(24)31/h7-8,11-13,15-17H,9-10,14H2,1-6H3/q+1. The van der Waals surface area contributed by atoms with Gasteiger partial charge in [0.05, 0.1) is 39.4 Å². The summed E-state index contributed by atoms with van der Waals surface area (Å²) in [6, 6.07) is 15.2. The maximum absolute atomic E-state index is 5.85. The number of hydrogen-bond acceptors (Lipinski definition) is 4. The quantitative estimate of drug-likeness (QED) is 0.344. The molecule has 0 radical (unpaired) electrons. The van der Waals surface area contributed by atoms with E-state index in [2.05, 4.69) is 61.0 Å². The molecule has 0 aliphatic carbocycles. The van der Waals surface area contributed by atoms with E-state index in [1.165, 1.54) is 39.1 Å². The molecule has 0 atom stereocenters. The zero-order valence-electron chi connectivity index (χ0n) is 21.3. The first-order chi connectivity index (χ1) is 17.0. The first kappa shape index (κ1) is 23.0. The molecular formula is C30H32NO4+. The molecule has 5 rings (SSSR count). The molecule has 0 N–H and O–H groups in total. The first-order valence-corrected chi connectivity index (χ1v) is 11.9. The van der Waals surface area contributed by atoms with Crippen molar-refractivity contribution in [2.24, 2.45) is 0 Å². The minimum Gasteiger partial charge on any atom is -0.493 e. The number of methoxy groups -OCH3 is 4. The van der Waals surface area contributed by atoms with Gasteiger partial charge in [0, 0.05) is 23.8 Å². The van der Waals surface area contributed by atoms with E-state index in [-0.39, 0.29) is 0 Å². The van der Waals surface area contributed by atoms with Gasteiger partial charge in [0.2, 0.25) is 5.69 Å². The lowest BCUT2D eigenvalue weighted by atomic mass is 9.88. The van der Waals surface area contributed by atoms with Gasteiger partial charge < -0.3 is 18.9 Å². The van der Waals surface area contributed by atoms with Crippen LogP contribution in [0.3, 0.4) is 0 Å². The Labute approximate surface area is 206 Å². The van der Waals surface area contributed by atoms with Crippen LogP contribution in [0.4, 0.5) is 0 Å². The van der Waals surface area contributed by atoms with Crippen molar-refractivity contribution in [2.45, 2.75) is 33.2 Å². The minimum absolute atomic E-state index is 0.737. The van der Waals surface area contributed by atoms with Crippen LogP contribution in [0.25, 0.3) is 22.0 Å². The summed E-state index contributed by atoms with van der Waals surface area (Å²) in [5.74, 6) is 3.01. The normalized spacial score (nSPS) is 12.2. The molecule has 0 unspecified atom stereocenters.